The van der Waals surface area contributed by atoms with Gasteiger partial charge in [-0.15, -0.1) is 0 Å². The van der Waals surface area contributed by atoms with Gasteiger partial charge >= 0.3 is 0 Å². The van der Waals surface area contributed by atoms with Gasteiger partial charge < -0.3 is 0 Å². The minimum atomic E-state index is -0.0297. The van der Waals surface area contributed by atoms with Crippen molar-refractivity contribution in [1.82, 2.24) is 10.4 Å². The molecule has 1 atom stereocenters. The molecule has 1 aliphatic rings. The van der Waals surface area contributed by atoms with Gasteiger partial charge in [0.15, 0.2) is 0 Å². The van der Waals surface area contributed by atoms with E-state index in [1.165, 1.54) is 5.39 Å². The van der Waals surface area contributed by atoms with E-state index in [-0.39, 0.29) is 11.9 Å². The third-order valence-electron chi connectivity index (χ3n) is 4.47. The van der Waals surface area contributed by atoms with Gasteiger partial charge in [0, 0.05) is 13.3 Å². The average molecular weight is 329 g/mol. The summed E-state index contributed by atoms with van der Waals surface area (Å²) in [6.45, 7) is 1.57. The van der Waals surface area contributed by atoms with E-state index in [4.69, 9.17) is 4.99 Å². The minimum Gasteiger partial charge on any atom is -0.282 e. The molecule has 25 heavy (non-hydrogen) atoms. The molecular weight excluding hydrogens is 310 g/mol. The third kappa shape index (κ3) is 3.11. The first-order valence-electron chi connectivity index (χ1n) is 8.38. The Kier molecular flexibility index (Phi) is 3.94. The van der Waals surface area contributed by atoms with Crippen LogP contribution in [0.25, 0.3) is 10.8 Å². The molecule has 4 heteroatoms. The molecule has 1 fully saturated rings. The molecule has 0 aromatic heterocycles. The van der Waals surface area contributed by atoms with E-state index >= 15 is 0 Å². The number of nitrogens with zero attached hydrogens (tertiary/aromatic N) is 2. The lowest BCUT2D eigenvalue weighted by atomic mass is 10.0. The van der Waals surface area contributed by atoms with Gasteiger partial charge in [-0.1, -0.05) is 60.7 Å². The van der Waals surface area contributed by atoms with Crippen molar-refractivity contribution in [3.05, 3.63) is 78.4 Å². The zero-order valence-corrected chi connectivity index (χ0v) is 14.0. The summed E-state index contributed by atoms with van der Waals surface area (Å²) >= 11 is 0. The Hall–Kier alpha value is -3.14. The smallest absolute Gasteiger partial charge is 0.238 e. The fraction of sp³-hybridized carbons (Fsp3) is 0.143. The van der Waals surface area contributed by atoms with E-state index < -0.39 is 0 Å². The van der Waals surface area contributed by atoms with E-state index in [0.29, 0.717) is 6.42 Å². The molecule has 3 aromatic carbocycles. The van der Waals surface area contributed by atoms with E-state index in [0.717, 1.165) is 22.5 Å². The SMILES string of the molecule is CC(=O)N1NC(=Nc2ccc3ccccc3c2)CC1c1ccccc1. The molecule has 0 aliphatic carbocycles. The first-order valence-corrected chi connectivity index (χ1v) is 8.38. The molecule has 0 bridgehead atoms. The van der Waals surface area contributed by atoms with Gasteiger partial charge in [-0.25, -0.2) is 10.0 Å². The maximum Gasteiger partial charge on any atom is 0.238 e. The highest BCUT2D eigenvalue weighted by atomic mass is 16.2. The molecule has 1 amide bonds. The van der Waals surface area contributed by atoms with Crippen molar-refractivity contribution in [3.8, 4) is 0 Å². The zero-order valence-electron chi connectivity index (χ0n) is 14.0. The van der Waals surface area contributed by atoms with Gasteiger partial charge in [-0.3, -0.25) is 10.2 Å². The van der Waals surface area contributed by atoms with E-state index in [1.54, 1.807) is 11.9 Å². The topological polar surface area (TPSA) is 44.7 Å². The van der Waals surface area contributed by atoms with Crippen LogP contribution in [-0.2, 0) is 4.79 Å². The van der Waals surface area contributed by atoms with Crippen molar-refractivity contribution in [3.63, 3.8) is 0 Å². The molecule has 0 radical (unpaired) electrons. The summed E-state index contributed by atoms with van der Waals surface area (Å²) < 4.78 is 0. The van der Waals surface area contributed by atoms with Crippen LogP contribution in [0.5, 0.6) is 0 Å². The molecule has 1 N–H and O–H groups in total. The summed E-state index contributed by atoms with van der Waals surface area (Å²) in [5, 5.41) is 4.01. The Bertz CT molecular complexity index is 950. The van der Waals surface area contributed by atoms with E-state index in [1.807, 2.05) is 48.5 Å². The monoisotopic (exact) mass is 329 g/mol. The molecule has 4 nitrogen and oxygen atoms in total. The third-order valence-corrected chi connectivity index (χ3v) is 4.47. The molecule has 3 aromatic rings. The van der Waals surface area contributed by atoms with Crippen LogP contribution >= 0.6 is 0 Å². The lowest BCUT2D eigenvalue weighted by Crippen LogP contribution is -2.38. The summed E-state index contributed by atoms with van der Waals surface area (Å²) in [4.78, 5) is 16.7. The van der Waals surface area contributed by atoms with Gasteiger partial charge in [0.2, 0.25) is 5.91 Å². The quantitative estimate of drug-likeness (QED) is 0.759. The van der Waals surface area contributed by atoms with Crippen LogP contribution < -0.4 is 5.43 Å². The number of benzene rings is 3. The number of hydrogen-bond donors (Lipinski definition) is 1. The van der Waals surface area contributed by atoms with Crippen molar-refractivity contribution in [2.24, 2.45) is 4.99 Å². The van der Waals surface area contributed by atoms with Gasteiger partial charge in [0.25, 0.3) is 0 Å². The maximum absolute atomic E-state index is 12.0. The Labute approximate surface area is 146 Å². The number of amides is 1. The van der Waals surface area contributed by atoms with Crippen LogP contribution in [0.15, 0.2) is 77.8 Å². The first kappa shape index (κ1) is 15.4. The predicted molar refractivity (Wildman–Crippen MR) is 100 cm³/mol. The highest BCUT2D eigenvalue weighted by molar-refractivity contribution is 5.92. The van der Waals surface area contributed by atoms with Crippen LogP contribution in [0.1, 0.15) is 24.9 Å². The number of carbonyl (C=O) groups excluding carboxylic acids is 1. The van der Waals surface area contributed by atoms with Crippen LogP contribution in [0.2, 0.25) is 0 Å². The number of rotatable bonds is 2. The molecule has 4 rings (SSSR count). The summed E-state index contributed by atoms with van der Waals surface area (Å²) in [7, 11) is 0. The molecule has 124 valence electrons. The highest BCUT2D eigenvalue weighted by Crippen LogP contribution is 2.29. The summed E-state index contributed by atoms with van der Waals surface area (Å²) in [5.74, 6) is 0.789. The predicted octanol–water partition coefficient (Wildman–Crippen LogP) is 4.37. The molecule has 1 saturated heterocycles. The Morgan fingerprint density at radius 2 is 1.72 bits per heavy atom. The largest absolute Gasteiger partial charge is 0.282 e. The molecule has 1 unspecified atom stereocenters. The number of fused-ring (bicyclic) bond motifs is 1. The number of aliphatic imine (C=N–C) groups is 1. The fourth-order valence-corrected chi connectivity index (χ4v) is 3.25. The number of amidine groups is 1. The number of carbonyl (C=O) groups is 1. The Morgan fingerprint density at radius 3 is 2.48 bits per heavy atom. The van der Waals surface area contributed by atoms with Crippen LogP contribution in [0, 0.1) is 0 Å². The van der Waals surface area contributed by atoms with E-state index in [2.05, 4.69) is 29.7 Å². The second-order valence-corrected chi connectivity index (χ2v) is 6.22. The standard InChI is InChI=1S/C21H19N3O/c1-15(25)24-20(17-8-3-2-4-9-17)14-21(23-24)22-19-12-11-16-7-5-6-10-18(16)13-19/h2-13,20H,14H2,1H3,(H,22,23). The summed E-state index contributed by atoms with van der Waals surface area (Å²) in [6, 6.07) is 24.4. The van der Waals surface area contributed by atoms with Gasteiger partial charge in [-0.05, 0) is 28.5 Å². The van der Waals surface area contributed by atoms with Crippen LogP contribution in [0.4, 0.5) is 5.69 Å². The number of nitrogens with one attached hydrogen (secondary N) is 1. The van der Waals surface area contributed by atoms with Crippen molar-refractivity contribution < 1.29 is 4.79 Å². The second-order valence-electron chi connectivity index (χ2n) is 6.22. The molecule has 0 spiro atoms. The minimum absolute atomic E-state index is 0.0161. The van der Waals surface area contributed by atoms with Crippen LogP contribution in [-0.4, -0.2) is 16.8 Å². The maximum atomic E-state index is 12.0. The van der Waals surface area contributed by atoms with E-state index in [9.17, 15) is 4.79 Å². The summed E-state index contributed by atoms with van der Waals surface area (Å²) in [6.07, 6.45) is 0.677. The highest BCUT2D eigenvalue weighted by Gasteiger charge is 2.31. The molecule has 0 saturated carbocycles. The van der Waals surface area contributed by atoms with Gasteiger partial charge in [0.1, 0.15) is 5.84 Å². The normalized spacial score (nSPS) is 18.5. The van der Waals surface area contributed by atoms with Crippen molar-refractivity contribution in [2.75, 3.05) is 0 Å². The van der Waals surface area contributed by atoms with Crippen molar-refractivity contribution >= 4 is 28.2 Å². The number of hydrogen-bond acceptors (Lipinski definition) is 2. The molecule has 1 heterocycles. The Morgan fingerprint density at radius 1 is 1.00 bits per heavy atom. The number of hydrazine groups is 1. The van der Waals surface area contributed by atoms with Crippen molar-refractivity contribution in [2.45, 2.75) is 19.4 Å². The Balaban J connectivity index is 1.66. The summed E-state index contributed by atoms with van der Waals surface area (Å²) in [5.41, 5.74) is 5.16. The molecule has 1 aliphatic heterocycles. The van der Waals surface area contributed by atoms with Gasteiger partial charge in [0.05, 0.1) is 11.7 Å². The van der Waals surface area contributed by atoms with Gasteiger partial charge in [-0.2, -0.15) is 0 Å². The fourth-order valence-electron chi connectivity index (χ4n) is 3.25. The average Bonchev–Trinajstić information content (AvgIpc) is 3.06. The molecular formula is C21H19N3O. The lowest BCUT2D eigenvalue weighted by molar-refractivity contribution is -0.132. The zero-order chi connectivity index (χ0) is 17.2. The van der Waals surface area contributed by atoms with Crippen LogP contribution in [0.3, 0.4) is 0 Å². The second kappa shape index (κ2) is 6.40. The first-order chi connectivity index (χ1) is 12.2. The lowest BCUT2D eigenvalue weighted by Gasteiger charge is -2.22. The van der Waals surface area contributed by atoms with Crippen molar-refractivity contribution in [1.29, 1.82) is 0 Å².